The van der Waals surface area contributed by atoms with E-state index < -0.39 is 0 Å². The van der Waals surface area contributed by atoms with Gasteiger partial charge in [-0.05, 0) is 22.9 Å². The summed E-state index contributed by atoms with van der Waals surface area (Å²) in [5.41, 5.74) is 3.54. The van der Waals surface area contributed by atoms with Gasteiger partial charge in [-0.25, -0.2) is 0 Å². The molecule has 0 saturated heterocycles. The summed E-state index contributed by atoms with van der Waals surface area (Å²) >= 11 is 0. The fourth-order valence-corrected chi connectivity index (χ4v) is 1.57. The molecule has 0 aliphatic rings. The first-order chi connectivity index (χ1) is 7.31. The van der Waals surface area contributed by atoms with Crippen molar-refractivity contribution in [2.45, 2.75) is 6.54 Å². The molecule has 0 aliphatic heterocycles. The van der Waals surface area contributed by atoms with E-state index in [1.807, 2.05) is 30.3 Å². The van der Waals surface area contributed by atoms with Gasteiger partial charge >= 0.3 is 0 Å². The van der Waals surface area contributed by atoms with E-state index in [-0.39, 0.29) is 0 Å². The molecular formula is C12H13NO2. The Kier molecular flexibility index (Phi) is 2.85. The quantitative estimate of drug-likeness (QED) is 0.751. The molecule has 0 atom stereocenters. The Labute approximate surface area is 88.3 Å². The van der Waals surface area contributed by atoms with Crippen LogP contribution in [0.4, 0.5) is 0 Å². The zero-order chi connectivity index (χ0) is 10.7. The van der Waals surface area contributed by atoms with Crippen molar-refractivity contribution in [1.29, 1.82) is 0 Å². The average molecular weight is 203 g/mol. The smallest absolute Gasteiger partial charge is 0.120 e. The lowest BCUT2D eigenvalue weighted by Crippen LogP contribution is -2.10. The van der Waals surface area contributed by atoms with Gasteiger partial charge in [0.15, 0.2) is 0 Å². The standard InChI is InChI=1S/C12H13NO2/c1-15-13-8-11-6-9-4-2-3-5-10(9)7-12(11)14/h2-7,13-14H,8H2,1H3. The van der Waals surface area contributed by atoms with Crippen LogP contribution in [-0.4, -0.2) is 12.2 Å². The highest BCUT2D eigenvalue weighted by atomic mass is 16.6. The van der Waals surface area contributed by atoms with Crippen molar-refractivity contribution in [3.8, 4) is 5.75 Å². The molecule has 0 unspecified atom stereocenters. The Morgan fingerprint density at radius 2 is 1.87 bits per heavy atom. The Morgan fingerprint density at radius 3 is 2.53 bits per heavy atom. The number of rotatable bonds is 3. The lowest BCUT2D eigenvalue weighted by Gasteiger charge is -2.07. The van der Waals surface area contributed by atoms with Gasteiger partial charge in [-0.2, -0.15) is 5.48 Å². The van der Waals surface area contributed by atoms with Crippen LogP contribution in [0.25, 0.3) is 10.8 Å². The molecule has 0 spiro atoms. The molecule has 2 N–H and O–H groups in total. The summed E-state index contributed by atoms with van der Waals surface area (Å²) in [5.74, 6) is 0.290. The van der Waals surface area contributed by atoms with Crippen LogP contribution in [-0.2, 0) is 11.4 Å². The molecule has 3 nitrogen and oxygen atoms in total. The predicted octanol–water partition coefficient (Wildman–Crippen LogP) is 2.20. The number of fused-ring (bicyclic) bond motifs is 1. The number of phenolic OH excluding ortho intramolecular Hbond substituents is 1. The molecule has 2 aromatic carbocycles. The molecule has 2 aromatic rings. The SMILES string of the molecule is CONCc1cc2ccccc2cc1O. The average Bonchev–Trinajstić information content (AvgIpc) is 2.26. The number of benzene rings is 2. The number of hydrogen-bond acceptors (Lipinski definition) is 3. The first-order valence-corrected chi connectivity index (χ1v) is 4.78. The summed E-state index contributed by atoms with van der Waals surface area (Å²) in [5, 5.41) is 11.9. The second-order valence-corrected chi connectivity index (χ2v) is 3.35. The minimum atomic E-state index is 0.290. The van der Waals surface area contributed by atoms with Gasteiger partial charge in [-0.3, -0.25) is 0 Å². The monoisotopic (exact) mass is 203 g/mol. The van der Waals surface area contributed by atoms with Crippen LogP contribution in [0.5, 0.6) is 5.75 Å². The summed E-state index contributed by atoms with van der Waals surface area (Å²) in [6.45, 7) is 0.493. The molecular weight excluding hydrogens is 190 g/mol. The summed E-state index contributed by atoms with van der Waals surface area (Å²) in [6, 6.07) is 11.6. The summed E-state index contributed by atoms with van der Waals surface area (Å²) in [4.78, 5) is 4.75. The first kappa shape index (κ1) is 9.96. The molecule has 0 amide bonds. The Bertz CT molecular complexity index is 468. The lowest BCUT2D eigenvalue weighted by atomic mass is 10.1. The molecule has 0 aliphatic carbocycles. The lowest BCUT2D eigenvalue weighted by molar-refractivity contribution is 0.0862. The predicted molar refractivity (Wildman–Crippen MR) is 59.5 cm³/mol. The molecule has 0 bridgehead atoms. The van der Waals surface area contributed by atoms with Crippen LogP contribution < -0.4 is 5.48 Å². The molecule has 0 saturated carbocycles. The molecule has 0 fully saturated rings. The Balaban J connectivity index is 2.43. The van der Waals surface area contributed by atoms with Crippen molar-refractivity contribution in [3.05, 3.63) is 42.0 Å². The van der Waals surface area contributed by atoms with Crippen LogP contribution in [0.2, 0.25) is 0 Å². The molecule has 0 aromatic heterocycles. The van der Waals surface area contributed by atoms with E-state index in [1.165, 1.54) is 0 Å². The normalized spacial score (nSPS) is 10.7. The number of hydroxylamine groups is 1. The van der Waals surface area contributed by atoms with Crippen molar-refractivity contribution in [2.75, 3.05) is 7.11 Å². The van der Waals surface area contributed by atoms with E-state index >= 15 is 0 Å². The van der Waals surface area contributed by atoms with Crippen LogP contribution in [0.15, 0.2) is 36.4 Å². The van der Waals surface area contributed by atoms with E-state index in [4.69, 9.17) is 4.84 Å². The fraction of sp³-hybridized carbons (Fsp3) is 0.167. The topological polar surface area (TPSA) is 41.5 Å². The van der Waals surface area contributed by atoms with Gasteiger partial charge < -0.3 is 9.94 Å². The molecule has 15 heavy (non-hydrogen) atoms. The third-order valence-corrected chi connectivity index (χ3v) is 2.35. The van der Waals surface area contributed by atoms with Crippen LogP contribution >= 0.6 is 0 Å². The van der Waals surface area contributed by atoms with Gasteiger partial charge in [0, 0.05) is 12.1 Å². The van der Waals surface area contributed by atoms with Gasteiger partial charge in [0.1, 0.15) is 5.75 Å². The number of hydrogen-bond donors (Lipinski definition) is 2. The van der Waals surface area contributed by atoms with E-state index in [0.717, 1.165) is 16.3 Å². The highest BCUT2D eigenvalue weighted by Gasteiger charge is 2.02. The number of aromatic hydroxyl groups is 1. The fourth-order valence-electron chi connectivity index (χ4n) is 1.57. The maximum absolute atomic E-state index is 9.74. The minimum Gasteiger partial charge on any atom is -0.508 e. The maximum Gasteiger partial charge on any atom is 0.120 e. The van der Waals surface area contributed by atoms with Gasteiger partial charge in [-0.1, -0.05) is 24.3 Å². The molecule has 0 radical (unpaired) electrons. The van der Waals surface area contributed by atoms with E-state index in [2.05, 4.69) is 5.48 Å². The van der Waals surface area contributed by atoms with Crippen LogP contribution in [0.3, 0.4) is 0 Å². The van der Waals surface area contributed by atoms with E-state index in [1.54, 1.807) is 13.2 Å². The highest BCUT2D eigenvalue weighted by molar-refractivity contribution is 5.84. The van der Waals surface area contributed by atoms with Gasteiger partial charge in [0.05, 0.1) is 7.11 Å². The Morgan fingerprint density at radius 1 is 1.20 bits per heavy atom. The van der Waals surface area contributed by atoms with Crippen molar-refractivity contribution in [1.82, 2.24) is 5.48 Å². The third-order valence-electron chi connectivity index (χ3n) is 2.35. The van der Waals surface area contributed by atoms with Gasteiger partial charge in [-0.15, -0.1) is 0 Å². The van der Waals surface area contributed by atoms with Crippen LogP contribution in [0.1, 0.15) is 5.56 Å². The Hall–Kier alpha value is -1.58. The molecule has 78 valence electrons. The van der Waals surface area contributed by atoms with E-state index in [0.29, 0.717) is 12.3 Å². The molecule has 2 rings (SSSR count). The van der Waals surface area contributed by atoms with Crippen molar-refractivity contribution in [3.63, 3.8) is 0 Å². The number of nitrogens with one attached hydrogen (secondary N) is 1. The van der Waals surface area contributed by atoms with Crippen molar-refractivity contribution >= 4 is 10.8 Å². The van der Waals surface area contributed by atoms with Gasteiger partial charge in [0.25, 0.3) is 0 Å². The molecule has 0 heterocycles. The summed E-state index contributed by atoms with van der Waals surface area (Å²) in [6.07, 6.45) is 0. The minimum absolute atomic E-state index is 0.290. The van der Waals surface area contributed by atoms with Crippen molar-refractivity contribution < 1.29 is 9.94 Å². The summed E-state index contributed by atoms with van der Waals surface area (Å²) < 4.78 is 0. The van der Waals surface area contributed by atoms with Gasteiger partial charge in [0.2, 0.25) is 0 Å². The zero-order valence-corrected chi connectivity index (χ0v) is 8.53. The van der Waals surface area contributed by atoms with E-state index in [9.17, 15) is 5.11 Å². The second kappa shape index (κ2) is 4.29. The third kappa shape index (κ3) is 2.09. The number of phenols is 1. The van der Waals surface area contributed by atoms with Crippen molar-refractivity contribution in [2.24, 2.45) is 0 Å². The largest absolute Gasteiger partial charge is 0.508 e. The highest BCUT2D eigenvalue weighted by Crippen LogP contribution is 2.24. The summed E-state index contributed by atoms with van der Waals surface area (Å²) in [7, 11) is 1.55. The van der Waals surface area contributed by atoms with Crippen LogP contribution in [0, 0.1) is 0 Å². The first-order valence-electron chi connectivity index (χ1n) is 4.78. The maximum atomic E-state index is 9.74. The zero-order valence-electron chi connectivity index (χ0n) is 8.53. The second-order valence-electron chi connectivity index (χ2n) is 3.35. The molecule has 3 heteroatoms.